The van der Waals surface area contributed by atoms with Gasteiger partial charge in [0, 0.05) is 11.6 Å². The van der Waals surface area contributed by atoms with Crippen molar-refractivity contribution in [3.05, 3.63) is 12.2 Å². The summed E-state index contributed by atoms with van der Waals surface area (Å²) in [5.74, 6) is 2.53. The molecule has 0 aromatic carbocycles. The molecule has 14 heavy (non-hydrogen) atoms. The standard InChI is InChI=1S/C13H19N/c1-9-2-6-13-11(8-9)5-7-12(14-13)10-3-4-10/h2,6,9-12H,3-5,7-8H2,1H3. The third-order valence-electron chi connectivity index (χ3n) is 3.96. The molecule has 3 atom stereocenters. The highest BCUT2D eigenvalue weighted by Crippen LogP contribution is 2.40. The van der Waals surface area contributed by atoms with E-state index in [0.29, 0.717) is 6.04 Å². The van der Waals surface area contributed by atoms with Crippen LogP contribution in [0.5, 0.6) is 0 Å². The van der Waals surface area contributed by atoms with Crippen molar-refractivity contribution in [3.63, 3.8) is 0 Å². The van der Waals surface area contributed by atoms with E-state index in [1.54, 1.807) is 0 Å². The second-order valence-corrected chi connectivity index (χ2v) is 5.31. The molecule has 1 heteroatoms. The maximum absolute atomic E-state index is 4.93. The van der Waals surface area contributed by atoms with E-state index in [0.717, 1.165) is 17.8 Å². The van der Waals surface area contributed by atoms with Gasteiger partial charge in [-0.05, 0) is 50.0 Å². The molecule has 76 valence electrons. The lowest BCUT2D eigenvalue weighted by molar-refractivity contribution is 0.411. The van der Waals surface area contributed by atoms with Crippen LogP contribution in [0.2, 0.25) is 0 Å². The average Bonchev–Trinajstić information content (AvgIpc) is 3.00. The van der Waals surface area contributed by atoms with E-state index in [1.807, 2.05) is 0 Å². The summed E-state index contributed by atoms with van der Waals surface area (Å²) >= 11 is 0. The van der Waals surface area contributed by atoms with Gasteiger partial charge in [-0.15, -0.1) is 0 Å². The first-order chi connectivity index (χ1) is 6.83. The number of fused-ring (bicyclic) bond motifs is 1. The molecule has 1 aliphatic heterocycles. The molecule has 0 bridgehead atoms. The molecule has 1 heterocycles. The van der Waals surface area contributed by atoms with Crippen LogP contribution in [-0.4, -0.2) is 11.8 Å². The highest BCUT2D eigenvalue weighted by atomic mass is 14.8. The Morgan fingerprint density at radius 3 is 2.86 bits per heavy atom. The highest BCUT2D eigenvalue weighted by Gasteiger charge is 2.35. The van der Waals surface area contributed by atoms with Gasteiger partial charge in [0.25, 0.3) is 0 Å². The van der Waals surface area contributed by atoms with E-state index >= 15 is 0 Å². The number of rotatable bonds is 1. The minimum Gasteiger partial charge on any atom is -0.286 e. The molecule has 0 amide bonds. The van der Waals surface area contributed by atoms with Gasteiger partial charge >= 0.3 is 0 Å². The quantitative estimate of drug-likeness (QED) is 0.600. The van der Waals surface area contributed by atoms with Crippen molar-refractivity contribution in [2.75, 3.05) is 0 Å². The lowest BCUT2D eigenvalue weighted by Gasteiger charge is -2.30. The van der Waals surface area contributed by atoms with E-state index in [1.165, 1.54) is 37.8 Å². The Balaban J connectivity index is 1.81. The predicted molar refractivity (Wildman–Crippen MR) is 59.6 cm³/mol. The summed E-state index contributed by atoms with van der Waals surface area (Å²) in [6.07, 6.45) is 11.6. The van der Waals surface area contributed by atoms with E-state index in [2.05, 4.69) is 19.1 Å². The van der Waals surface area contributed by atoms with Crippen LogP contribution < -0.4 is 0 Å². The van der Waals surface area contributed by atoms with Crippen molar-refractivity contribution in [3.8, 4) is 0 Å². The molecule has 0 saturated heterocycles. The van der Waals surface area contributed by atoms with E-state index in [4.69, 9.17) is 4.99 Å². The molecule has 0 N–H and O–H groups in total. The fraction of sp³-hybridized carbons (Fsp3) is 0.769. The van der Waals surface area contributed by atoms with Crippen LogP contribution in [-0.2, 0) is 0 Å². The van der Waals surface area contributed by atoms with Gasteiger partial charge in [0.15, 0.2) is 0 Å². The zero-order valence-corrected chi connectivity index (χ0v) is 8.95. The zero-order chi connectivity index (χ0) is 9.54. The Bertz CT molecular complexity index is 286. The van der Waals surface area contributed by atoms with Crippen molar-refractivity contribution < 1.29 is 0 Å². The number of allylic oxidation sites excluding steroid dienone is 2. The van der Waals surface area contributed by atoms with Crippen LogP contribution in [0, 0.1) is 17.8 Å². The summed E-state index contributed by atoms with van der Waals surface area (Å²) in [5.41, 5.74) is 1.42. The summed E-state index contributed by atoms with van der Waals surface area (Å²) < 4.78 is 0. The third-order valence-corrected chi connectivity index (χ3v) is 3.96. The molecule has 3 unspecified atom stereocenters. The van der Waals surface area contributed by atoms with Gasteiger partial charge in [0.05, 0.1) is 6.04 Å². The lowest BCUT2D eigenvalue weighted by atomic mass is 9.80. The minimum absolute atomic E-state index is 0.694. The fourth-order valence-electron chi connectivity index (χ4n) is 2.91. The molecule has 0 aromatic heterocycles. The van der Waals surface area contributed by atoms with Crippen LogP contribution in [0.3, 0.4) is 0 Å². The lowest BCUT2D eigenvalue weighted by Crippen LogP contribution is -2.28. The molecule has 0 aromatic rings. The summed E-state index contributed by atoms with van der Waals surface area (Å²) in [7, 11) is 0. The van der Waals surface area contributed by atoms with Gasteiger partial charge in [-0.3, -0.25) is 4.99 Å². The van der Waals surface area contributed by atoms with Crippen LogP contribution in [0.25, 0.3) is 0 Å². The summed E-state index contributed by atoms with van der Waals surface area (Å²) in [4.78, 5) is 4.93. The molecule has 1 fully saturated rings. The minimum atomic E-state index is 0.694. The van der Waals surface area contributed by atoms with E-state index in [9.17, 15) is 0 Å². The van der Waals surface area contributed by atoms with Gasteiger partial charge in [-0.25, -0.2) is 0 Å². The second-order valence-electron chi connectivity index (χ2n) is 5.31. The van der Waals surface area contributed by atoms with Crippen molar-refractivity contribution >= 4 is 5.71 Å². The first kappa shape index (κ1) is 8.70. The summed E-state index contributed by atoms with van der Waals surface area (Å²) in [6.45, 7) is 2.32. The van der Waals surface area contributed by atoms with Gasteiger partial charge < -0.3 is 0 Å². The van der Waals surface area contributed by atoms with Crippen molar-refractivity contribution in [1.82, 2.24) is 0 Å². The molecule has 3 rings (SSSR count). The maximum Gasteiger partial charge on any atom is 0.0531 e. The number of nitrogens with zero attached hydrogens (tertiary/aromatic N) is 1. The van der Waals surface area contributed by atoms with Crippen LogP contribution >= 0.6 is 0 Å². The molecule has 2 aliphatic carbocycles. The summed E-state index contributed by atoms with van der Waals surface area (Å²) in [6, 6.07) is 0.694. The molecular formula is C13H19N. The SMILES string of the molecule is CC1C=CC2=NC(C3CC3)CCC2C1. The zero-order valence-electron chi connectivity index (χ0n) is 8.95. The predicted octanol–water partition coefficient (Wildman–Crippen LogP) is 3.21. The van der Waals surface area contributed by atoms with E-state index < -0.39 is 0 Å². The smallest absolute Gasteiger partial charge is 0.0531 e. The van der Waals surface area contributed by atoms with Crippen LogP contribution in [0.15, 0.2) is 17.1 Å². The van der Waals surface area contributed by atoms with E-state index in [-0.39, 0.29) is 0 Å². The number of hydrogen-bond donors (Lipinski definition) is 0. The van der Waals surface area contributed by atoms with Gasteiger partial charge in [0.1, 0.15) is 0 Å². The Morgan fingerprint density at radius 2 is 2.07 bits per heavy atom. The van der Waals surface area contributed by atoms with Gasteiger partial charge in [-0.1, -0.05) is 13.0 Å². The van der Waals surface area contributed by atoms with Gasteiger partial charge in [0.2, 0.25) is 0 Å². The Morgan fingerprint density at radius 1 is 1.21 bits per heavy atom. The average molecular weight is 189 g/mol. The van der Waals surface area contributed by atoms with Crippen molar-refractivity contribution in [1.29, 1.82) is 0 Å². The molecule has 1 nitrogen and oxygen atoms in total. The molecule has 3 aliphatic rings. The monoisotopic (exact) mass is 189 g/mol. The first-order valence-corrected chi connectivity index (χ1v) is 6.09. The van der Waals surface area contributed by atoms with Crippen molar-refractivity contribution in [2.24, 2.45) is 22.7 Å². The largest absolute Gasteiger partial charge is 0.286 e. The first-order valence-electron chi connectivity index (χ1n) is 6.09. The Labute approximate surface area is 86.3 Å². The molecule has 1 saturated carbocycles. The third kappa shape index (κ3) is 1.53. The topological polar surface area (TPSA) is 12.4 Å². The molecular weight excluding hydrogens is 170 g/mol. The maximum atomic E-state index is 4.93. The van der Waals surface area contributed by atoms with Crippen LogP contribution in [0.4, 0.5) is 0 Å². The molecule has 0 radical (unpaired) electrons. The number of aliphatic imine (C=N–C) groups is 1. The second kappa shape index (κ2) is 3.22. The highest BCUT2D eigenvalue weighted by molar-refractivity contribution is 5.98. The normalized spacial score (nSPS) is 41.8. The fourth-order valence-corrected chi connectivity index (χ4v) is 2.91. The van der Waals surface area contributed by atoms with Crippen LogP contribution in [0.1, 0.15) is 39.0 Å². The van der Waals surface area contributed by atoms with Gasteiger partial charge in [-0.2, -0.15) is 0 Å². The van der Waals surface area contributed by atoms with Crippen molar-refractivity contribution in [2.45, 2.75) is 45.1 Å². The molecule has 0 spiro atoms. The Hall–Kier alpha value is -0.590. The summed E-state index contributed by atoms with van der Waals surface area (Å²) in [5, 5.41) is 0. The Kier molecular flexibility index (Phi) is 2.00. The number of hydrogen-bond acceptors (Lipinski definition) is 1.